The molecular weight excluding hydrogens is 458 g/mol. The number of nitrogens with one attached hydrogen (secondary N) is 2. The Morgan fingerprint density at radius 1 is 0.944 bits per heavy atom. The number of ether oxygens (including phenoxy) is 2. The van der Waals surface area contributed by atoms with E-state index in [2.05, 4.69) is 15.8 Å². The average Bonchev–Trinajstić information content (AvgIpc) is 3.11. The molecule has 3 rings (SSSR count). The summed E-state index contributed by atoms with van der Waals surface area (Å²) in [5.74, 6) is 0.481. The van der Waals surface area contributed by atoms with Crippen LogP contribution in [0, 0.1) is 20.8 Å². The minimum absolute atomic E-state index is 0.125. The number of carbonyl (C=O) groups excluding carboxylic acids is 2. The molecule has 1 aliphatic carbocycles. The summed E-state index contributed by atoms with van der Waals surface area (Å²) in [6.45, 7) is 5.68. The number of anilines is 1. The highest BCUT2D eigenvalue weighted by atomic mass is 16.6. The highest BCUT2D eigenvalue weighted by Gasteiger charge is 2.15. The van der Waals surface area contributed by atoms with E-state index in [4.69, 9.17) is 14.3 Å². The molecule has 2 N–H and O–H groups in total. The Bertz CT molecular complexity index is 1050. The summed E-state index contributed by atoms with van der Waals surface area (Å²) in [6.07, 6.45) is 8.33. The van der Waals surface area contributed by atoms with Crippen LogP contribution < -0.4 is 20.1 Å². The number of methoxy groups -OCH3 is 1. The van der Waals surface area contributed by atoms with Crippen LogP contribution >= 0.6 is 0 Å². The summed E-state index contributed by atoms with van der Waals surface area (Å²) in [5, 5.41) is 9.84. The van der Waals surface area contributed by atoms with Crippen molar-refractivity contribution in [3.05, 3.63) is 52.6 Å². The van der Waals surface area contributed by atoms with E-state index in [1.165, 1.54) is 26.2 Å². The van der Waals surface area contributed by atoms with Crippen LogP contribution in [0.1, 0.15) is 60.8 Å². The fraction of sp³-hybridized carbons (Fsp3) is 0.464. The Morgan fingerprint density at radius 3 is 2.31 bits per heavy atom. The van der Waals surface area contributed by atoms with Crippen LogP contribution in [0.2, 0.25) is 0 Å². The first-order valence-corrected chi connectivity index (χ1v) is 12.5. The van der Waals surface area contributed by atoms with Gasteiger partial charge in [0.1, 0.15) is 0 Å². The monoisotopic (exact) mass is 495 g/mol. The van der Waals surface area contributed by atoms with Crippen LogP contribution in [0.15, 0.2) is 35.5 Å². The first-order chi connectivity index (χ1) is 17.4. The van der Waals surface area contributed by atoms with Gasteiger partial charge in [-0.2, -0.15) is 0 Å². The number of aryl methyl sites for hydroxylation is 3. The zero-order valence-electron chi connectivity index (χ0n) is 21.7. The minimum Gasteiger partial charge on any atom is -0.493 e. The van der Waals surface area contributed by atoms with Crippen molar-refractivity contribution in [3.8, 4) is 11.5 Å². The second-order valence-corrected chi connectivity index (χ2v) is 9.28. The molecule has 1 saturated carbocycles. The molecule has 1 aliphatic rings. The van der Waals surface area contributed by atoms with E-state index in [1.54, 1.807) is 18.2 Å². The standard InChI is InChI=1S/C28H37N3O5/c1-19-13-20(2)28(21(3)14-19)31-26(32)17-35-24-12-11-22(15-25(24)34-4)16-29-36-18-27(33)30-23-9-7-5-6-8-10-23/h11-16,23H,5-10,17-18H2,1-4H3,(H,30,33)(H,31,32)/b29-16+. The van der Waals surface area contributed by atoms with Gasteiger partial charge in [0.2, 0.25) is 0 Å². The van der Waals surface area contributed by atoms with Crippen LogP contribution in [0.4, 0.5) is 5.69 Å². The molecule has 8 nitrogen and oxygen atoms in total. The molecule has 0 spiro atoms. The van der Waals surface area contributed by atoms with Gasteiger partial charge in [0.25, 0.3) is 11.8 Å². The summed E-state index contributed by atoms with van der Waals surface area (Å²) in [4.78, 5) is 29.7. The predicted octanol–water partition coefficient (Wildman–Crippen LogP) is 4.83. The first-order valence-electron chi connectivity index (χ1n) is 12.5. The van der Waals surface area contributed by atoms with Gasteiger partial charge in [-0.15, -0.1) is 0 Å². The van der Waals surface area contributed by atoms with Crippen molar-refractivity contribution in [1.82, 2.24) is 5.32 Å². The Kier molecular flexibility index (Phi) is 10.2. The number of oxime groups is 1. The highest BCUT2D eigenvalue weighted by molar-refractivity contribution is 5.93. The Morgan fingerprint density at radius 2 is 1.64 bits per heavy atom. The molecule has 2 aromatic carbocycles. The second-order valence-electron chi connectivity index (χ2n) is 9.28. The van der Waals surface area contributed by atoms with Crippen molar-refractivity contribution in [2.45, 2.75) is 65.3 Å². The molecule has 0 aromatic heterocycles. The lowest BCUT2D eigenvalue weighted by Crippen LogP contribution is -2.36. The normalized spacial score (nSPS) is 14.2. The van der Waals surface area contributed by atoms with Crippen molar-refractivity contribution in [3.63, 3.8) is 0 Å². The topological polar surface area (TPSA) is 98.2 Å². The lowest BCUT2D eigenvalue weighted by Gasteiger charge is -2.15. The van der Waals surface area contributed by atoms with Crippen molar-refractivity contribution in [1.29, 1.82) is 0 Å². The zero-order valence-corrected chi connectivity index (χ0v) is 21.7. The maximum atomic E-state index is 12.5. The van der Waals surface area contributed by atoms with Gasteiger partial charge in [0, 0.05) is 17.3 Å². The molecule has 2 aromatic rings. The van der Waals surface area contributed by atoms with Crippen molar-refractivity contribution >= 4 is 23.7 Å². The third-order valence-electron chi connectivity index (χ3n) is 6.18. The molecule has 1 fully saturated rings. The third-order valence-corrected chi connectivity index (χ3v) is 6.18. The largest absolute Gasteiger partial charge is 0.493 e. The molecule has 194 valence electrons. The van der Waals surface area contributed by atoms with Gasteiger partial charge >= 0.3 is 0 Å². The van der Waals surface area contributed by atoms with Crippen LogP contribution in [-0.2, 0) is 14.4 Å². The summed E-state index contributed by atoms with van der Waals surface area (Å²) in [7, 11) is 1.52. The van der Waals surface area contributed by atoms with Gasteiger partial charge in [-0.3, -0.25) is 9.59 Å². The van der Waals surface area contributed by atoms with Gasteiger partial charge < -0.3 is 24.9 Å². The highest BCUT2D eigenvalue weighted by Crippen LogP contribution is 2.28. The number of nitrogens with zero attached hydrogens (tertiary/aromatic N) is 1. The molecule has 0 unspecified atom stereocenters. The molecule has 2 amide bonds. The molecule has 0 bridgehead atoms. The summed E-state index contributed by atoms with van der Waals surface area (Å²) in [5.41, 5.74) is 4.67. The van der Waals surface area contributed by atoms with Gasteiger partial charge in [-0.25, -0.2) is 0 Å². The Labute approximate surface area is 213 Å². The summed E-state index contributed by atoms with van der Waals surface area (Å²) in [6, 6.07) is 9.48. The van der Waals surface area contributed by atoms with Gasteiger partial charge in [0.15, 0.2) is 24.7 Å². The molecule has 0 aliphatic heterocycles. The van der Waals surface area contributed by atoms with E-state index in [0.717, 1.165) is 48.1 Å². The van der Waals surface area contributed by atoms with E-state index in [1.807, 2.05) is 32.9 Å². The van der Waals surface area contributed by atoms with E-state index >= 15 is 0 Å². The Hall–Kier alpha value is -3.55. The SMILES string of the molecule is COc1cc(/C=N/OCC(=O)NC2CCCCCC2)ccc1OCC(=O)Nc1c(C)cc(C)cc1C. The van der Waals surface area contributed by atoms with Crippen molar-refractivity contribution in [2.75, 3.05) is 25.6 Å². The van der Waals surface area contributed by atoms with Crippen molar-refractivity contribution < 1.29 is 23.9 Å². The molecule has 0 radical (unpaired) electrons. The second kappa shape index (κ2) is 13.5. The van der Waals surface area contributed by atoms with Crippen LogP contribution in [0.3, 0.4) is 0 Å². The fourth-order valence-electron chi connectivity index (χ4n) is 4.47. The first kappa shape index (κ1) is 27.0. The number of amides is 2. The molecular formula is C28H37N3O5. The van der Waals surface area contributed by atoms with E-state index in [-0.39, 0.29) is 31.1 Å². The Balaban J connectivity index is 1.48. The smallest absolute Gasteiger partial charge is 0.262 e. The number of hydrogen-bond donors (Lipinski definition) is 2. The van der Waals surface area contributed by atoms with Gasteiger partial charge in [-0.05, 0) is 62.9 Å². The van der Waals surface area contributed by atoms with Crippen molar-refractivity contribution in [2.24, 2.45) is 5.16 Å². The number of benzene rings is 2. The quantitative estimate of drug-likeness (QED) is 0.280. The summed E-state index contributed by atoms with van der Waals surface area (Å²) < 4.78 is 11.1. The van der Waals surface area contributed by atoms with Crippen LogP contribution in [-0.4, -0.2) is 44.4 Å². The number of hydrogen-bond acceptors (Lipinski definition) is 6. The van der Waals surface area contributed by atoms with E-state index in [0.29, 0.717) is 17.1 Å². The maximum Gasteiger partial charge on any atom is 0.262 e. The molecule has 0 heterocycles. The molecule has 8 heteroatoms. The van der Waals surface area contributed by atoms with Gasteiger partial charge in [0.05, 0.1) is 13.3 Å². The zero-order chi connectivity index (χ0) is 25.9. The average molecular weight is 496 g/mol. The number of rotatable bonds is 10. The maximum absolute atomic E-state index is 12.5. The van der Waals surface area contributed by atoms with E-state index in [9.17, 15) is 9.59 Å². The van der Waals surface area contributed by atoms with Crippen LogP contribution in [0.5, 0.6) is 11.5 Å². The minimum atomic E-state index is -0.256. The molecule has 0 saturated heterocycles. The van der Waals surface area contributed by atoms with Gasteiger partial charge in [-0.1, -0.05) is 48.5 Å². The molecule has 0 atom stereocenters. The third kappa shape index (κ3) is 8.29. The number of carbonyl (C=O) groups is 2. The molecule has 36 heavy (non-hydrogen) atoms. The predicted molar refractivity (Wildman–Crippen MR) is 141 cm³/mol. The summed E-state index contributed by atoms with van der Waals surface area (Å²) >= 11 is 0. The fourth-order valence-corrected chi connectivity index (χ4v) is 4.47. The lowest BCUT2D eigenvalue weighted by atomic mass is 10.1. The lowest BCUT2D eigenvalue weighted by molar-refractivity contribution is -0.126. The van der Waals surface area contributed by atoms with Crippen LogP contribution in [0.25, 0.3) is 0 Å². The van der Waals surface area contributed by atoms with E-state index < -0.39 is 0 Å².